The largest absolute Gasteiger partial charge is 0.169 e. The van der Waals surface area contributed by atoms with Crippen molar-refractivity contribution in [1.29, 1.82) is 0 Å². The monoisotopic (exact) mass is 348 g/mol. The fourth-order valence-electron chi connectivity index (χ4n) is 4.54. The predicted molar refractivity (Wildman–Crippen MR) is 108 cm³/mol. The molecule has 0 saturated carbocycles. The van der Waals surface area contributed by atoms with E-state index in [4.69, 9.17) is 11.1 Å². The van der Waals surface area contributed by atoms with Crippen LogP contribution in [0.4, 0.5) is 0 Å². The zero-order valence-corrected chi connectivity index (χ0v) is 16.1. The maximum Gasteiger partial charge on any atom is 0.169 e. The smallest absolute Gasteiger partial charge is 0.166 e. The van der Waals surface area contributed by atoms with E-state index >= 15 is 0 Å². The van der Waals surface area contributed by atoms with Gasteiger partial charge in [0.25, 0.3) is 0 Å². The summed E-state index contributed by atoms with van der Waals surface area (Å²) in [5, 5.41) is 2.40. The zero-order valence-electron chi connectivity index (χ0n) is 14.3. The van der Waals surface area contributed by atoms with E-state index in [0.717, 1.165) is 0 Å². The molecule has 0 N–H and O–H groups in total. The SMILES string of the molecule is CC1=Cc2ccccc2C1(c1cccc2ccccc12)[Si](C)(C)Cl. The molecule has 120 valence electrons. The molecular weight excluding hydrogens is 328 g/mol. The molecule has 1 aliphatic carbocycles. The van der Waals surface area contributed by atoms with E-state index in [0.29, 0.717) is 0 Å². The van der Waals surface area contributed by atoms with Crippen molar-refractivity contribution in [3.05, 3.63) is 89.0 Å². The van der Waals surface area contributed by atoms with E-state index in [-0.39, 0.29) is 5.04 Å². The predicted octanol–water partition coefficient (Wildman–Crippen LogP) is 6.53. The van der Waals surface area contributed by atoms with Crippen molar-refractivity contribution in [3.63, 3.8) is 0 Å². The Labute approximate surface area is 149 Å². The first kappa shape index (κ1) is 15.7. The van der Waals surface area contributed by atoms with Gasteiger partial charge in [-0.3, -0.25) is 0 Å². The molecule has 0 spiro atoms. The molecule has 3 aromatic carbocycles. The highest BCUT2D eigenvalue weighted by atomic mass is 35.6. The van der Waals surface area contributed by atoms with Crippen molar-refractivity contribution in [3.8, 4) is 0 Å². The molecule has 1 unspecified atom stereocenters. The lowest BCUT2D eigenvalue weighted by Gasteiger charge is -2.42. The van der Waals surface area contributed by atoms with Crippen LogP contribution in [0.25, 0.3) is 16.8 Å². The molecule has 0 saturated heterocycles. The van der Waals surface area contributed by atoms with Crippen molar-refractivity contribution in [2.24, 2.45) is 0 Å². The lowest BCUT2D eigenvalue weighted by atomic mass is 9.84. The maximum atomic E-state index is 7.25. The summed E-state index contributed by atoms with van der Waals surface area (Å²) in [6, 6.07) is 24.0. The van der Waals surface area contributed by atoms with Crippen molar-refractivity contribution >= 4 is 35.3 Å². The molecule has 1 atom stereocenters. The number of benzene rings is 3. The Balaban J connectivity index is 2.17. The summed E-state index contributed by atoms with van der Waals surface area (Å²) in [5.74, 6) is 0. The van der Waals surface area contributed by atoms with E-state index in [1.807, 2.05) is 0 Å². The molecule has 0 heterocycles. The highest BCUT2D eigenvalue weighted by Gasteiger charge is 2.53. The van der Waals surface area contributed by atoms with Gasteiger partial charge in [0.2, 0.25) is 0 Å². The Kier molecular flexibility index (Phi) is 3.49. The van der Waals surface area contributed by atoms with Crippen molar-refractivity contribution in [2.45, 2.75) is 25.1 Å². The first-order valence-electron chi connectivity index (χ1n) is 8.42. The van der Waals surface area contributed by atoms with Gasteiger partial charge in [0.1, 0.15) is 0 Å². The standard InChI is InChI=1S/C22H21ClSi/c1-16-15-18-10-5-7-13-20(18)22(16,24(2,3)23)21-14-8-11-17-9-4-6-12-19(17)21/h4-15H,1-3H3. The fourth-order valence-corrected chi connectivity index (χ4v) is 8.33. The summed E-state index contributed by atoms with van der Waals surface area (Å²) >= 11 is 7.25. The third-order valence-electron chi connectivity index (χ3n) is 5.41. The summed E-state index contributed by atoms with van der Waals surface area (Å²) in [6.45, 7) is 6.80. The summed E-state index contributed by atoms with van der Waals surface area (Å²) < 4.78 is 0. The summed E-state index contributed by atoms with van der Waals surface area (Å²) in [4.78, 5) is 0. The Morgan fingerprint density at radius 3 is 2.21 bits per heavy atom. The van der Waals surface area contributed by atoms with Gasteiger partial charge in [-0.2, -0.15) is 11.1 Å². The first-order valence-corrected chi connectivity index (χ1v) is 12.4. The van der Waals surface area contributed by atoms with Crippen molar-refractivity contribution in [1.82, 2.24) is 0 Å². The molecule has 0 nitrogen and oxygen atoms in total. The molecular formula is C22H21ClSi. The number of halogens is 1. The maximum absolute atomic E-state index is 7.25. The van der Waals surface area contributed by atoms with Crippen LogP contribution in [0.5, 0.6) is 0 Å². The van der Waals surface area contributed by atoms with Crippen molar-refractivity contribution < 1.29 is 0 Å². The van der Waals surface area contributed by atoms with Gasteiger partial charge >= 0.3 is 0 Å². The number of allylic oxidation sites excluding steroid dienone is 1. The molecule has 1 aliphatic rings. The van der Waals surface area contributed by atoms with Crippen LogP contribution in [0.1, 0.15) is 23.6 Å². The number of fused-ring (bicyclic) bond motifs is 2. The minimum absolute atomic E-state index is 0.188. The second kappa shape index (κ2) is 5.34. The minimum atomic E-state index is -2.14. The first-order chi connectivity index (χ1) is 11.5. The van der Waals surface area contributed by atoms with Crippen LogP contribution in [0, 0.1) is 0 Å². The van der Waals surface area contributed by atoms with Crippen molar-refractivity contribution in [2.75, 3.05) is 0 Å². The Morgan fingerprint density at radius 2 is 1.42 bits per heavy atom. The van der Waals surface area contributed by atoms with Gasteiger partial charge in [-0.05, 0) is 34.4 Å². The highest BCUT2D eigenvalue weighted by molar-refractivity contribution is 7.21. The quantitative estimate of drug-likeness (QED) is 0.365. The molecule has 0 aromatic heterocycles. The van der Waals surface area contributed by atoms with Gasteiger partial charge in [-0.1, -0.05) is 91.5 Å². The highest BCUT2D eigenvalue weighted by Crippen LogP contribution is 2.54. The average Bonchev–Trinajstić information content (AvgIpc) is 2.86. The number of hydrogen-bond donors (Lipinski definition) is 0. The lowest BCUT2D eigenvalue weighted by Crippen LogP contribution is -2.48. The second-order valence-electron chi connectivity index (χ2n) is 7.16. The molecule has 0 fully saturated rings. The molecule has 0 bridgehead atoms. The van der Waals surface area contributed by atoms with Crippen LogP contribution < -0.4 is 0 Å². The van der Waals surface area contributed by atoms with Gasteiger partial charge < -0.3 is 0 Å². The lowest BCUT2D eigenvalue weighted by molar-refractivity contribution is 0.850. The molecule has 0 amide bonds. The van der Waals surface area contributed by atoms with Gasteiger partial charge in [0.15, 0.2) is 7.38 Å². The molecule has 3 aromatic rings. The topological polar surface area (TPSA) is 0 Å². The van der Waals surface area contributed by atoms with Crippen LogP contribution in [0.15, 0.2) is 72.3 Å². The summed E-state index contributed by atoms with van der Waals surface area (Å²) in [6.07, 6.45) is 2.33. The van der Waals surface area contributed by atoms with E-state index in [1.54, 1.807) is 0 Å². The van der Waals surface area contributed by atoms with E-state index in [2.05, 4.69) is 92.8 Å². The van der Waals surface area contributed by atoms with Gasteiger partial charge in [0.05, 0.1) is 5.04 Å². The van der Waals surface area contributed by atoms with Gasteiger partial charge in [0, 0.05) is 0 Å². The van der Waals surface area contributed by atoms with Crippen LogP contribution in [-0.2, 0) is 5.04 Å². The van der Waals surface area contributed by atoms with E-state index in [1.165, 1.54) is 33.0 Å². The molecule has 0 radical (unpaired) electrons. The average molecular weight is 349 g/mol. The van der Waals surface area contributed by atoms with Crippen LogP contribution >= 0.6 is 11.1 Å². The van der Waals surface area contributed by atoms with Gasteiger partial charge in [-0.15, -0.1) is 0 Å². The van der Waals surface area contributed by atoms with Crippen LogP contribution in [0.3, 0.4) is 0 Å². The molecule has 4 rings (SSSR count). The Hall–Kier alpha value is -1.83. The number of rotatable bonds is 2. The normalized spacial score (nSPS) is 20.1. The Morgan fingerprint density at radius 1 is 0.792 bits per heavy atom. The van der Waals surface area contributed by atoms with E-state index < -0.39 is 7.38 Å². The minimum Gasteiger partial charge on any atom is -0.166 e. The fraction of sp³-hybridized carbons (Fsp3) is 0.182. The third kappa shape index (κ3) is 1.98. The molecule has 2 heteroatoms. The van der Waals surface area contributed by atoms with Crippen LogP contribution in [0.2, 0.25) is 13.1 Å². The molecule has 0 aliphatic heterocycles. The third-order valence-corrected chi connectivity index (χ3v) is 8.98. The summed E-state index contributed by atoms with van der Waals surface area (Å²) in [5.41, 5.74) is 5.40. The van der Waals surface area contributed by atoms with E-state index in [9.17, 15) is 0 Å². The second-order valence-corrected chi connectivity index (χ2v) is 13.7. The molecule has 24 heavy (non-hydrogen) atoms. The zero-order chi connectivity index (χ0) is 16.9. The Bertz CT molecular complexity index is 960. The summed E-state index contributed by atoms with van der Waals surface area (Å²) in [7, 11) is -2.14. The number of hydrogen-bond acceptors (Lipinski definition) is 0. The van der Waals surface area contributed by atoms with Gasteiger partial charge in [-0.25, -0.2) is 0 Å². The van der Waals surface area contributed by atoms with Crippen LogP contribution in [-0.4, -0.2) is 7.38 Å².